The third-order valence-corrected chi connectivity index (χ3v) is 3.61. The topological polar surface area (TPSA) is 15.3 Å². The third-order valence-electron chi connectivity index (χ3n) is 2.87. The van der Waals surface area contributed by atoms with Crippen molar-refractivity contribution in [3.05, 3.63) is 29.8 Å². The molecule has 2 nitrogen and oxygen atoms in total. The SMILES string of the molecule is CCNCCN(CC)Cc1ccc(SC)cc1. The first-order valence-electron chi connectivity index (χ1n) is 6.36. The standard InChI is InChI=1S/C14H24N2S/c1-4-15-10-11-16(5-2)12-13-6-8-14(17-3)9-7-13/h6-9,15H,4-5,10-12H2,1-3H3. The van der Waals surface area contributed by atoms with Crippen molar-refractivity contribution < 1.29 is 0 Å². The smallest absolute Gasteiger partial charge is 0.0234 e. The molecule has 0 heterocycles. The summed E-state index contributed by atoms with van der Waals surface area (Å²) in [5.41, 5.74) is 1.40. The van der Waals surface area contributed by atoms with Crippen molar-refractivity contribution in [2.75, 3.05) is 32.4 Å². The Morgan fingerprint density at radius 3 is 2.41 bits per heavy atom. The molecule has 0 aliphatic carbocycles. The summed E-state index contributed by atoms with van der Waals surface area (Å²) < 4.78 is 0. The van der Waals surface area contributed by atoms with E-state index in [4.69, 9.17) is 0 Å². The van der Waals surface area contributed by atoms with Gasteiger partial charge in [-0.15, -0.1) is 11.8 Å². The Bertz CT molecular complexity index is 298. The van der Waals surface area contributed by atoms with E-state index in [0.717, 1.165) is 32.7 Å². The van der Waals surface area contributed by atoms with Gasteiger partial charge in [0.25, 0.3) is 0 Å². The summed E-state index contributed by atoms with van der Waals surface area (Å²) in [6.45, 7) is 9.79. The lowest BCUT2D eigenvalue weighted by atomic mass is 10.2. The van der Waals surface area contributed by atoms with Gasteiger partial charge >= 0.3 is 0 Å². The van der Waals surface area contributed by atoms with Crippen molar-refractivity contribution in [2.24, 2.45) is 0 Å². The molecule has 0 atom stereocenters. The number of rotatable bonds is 8. The Kier molecular flexibility index (Phi) is 7.33. The average Bonchev–Trinajstić information content (AvgIpc) is 2.38. The van der Waals surface area contributed by atoms with Crippen LogP contribution in [0.25, 0.3) is 0 Å². The lowest BCUT2D eigenvalue weighted by molar-refractivity contribution is 0.280. The minimum absolute atomic E-state index is 1.05. The number of likely N-dealkylation sites (N-methyl/N-ethyl adjacent to an activating group) is 2. The molecule has 0 unspecified atom stereocenters. The van der Waals surface area contributed by atoms with Gasteiger partial charge in [-0.2, -0.15) is 0 Å². The van der Waals surface area contributed by atoms with E-state index >= 15 is 0 Å². The summed E-state index contributed by atoms with van der Waals surface area (Å²) in [5, 5.41) is 3.37. The Morgan fingerprint density at radius 2 is 1.88 bits per heavy atom. The zero-order valence-electron chi connectivity index (χ0n) is 11.2. The molecule has 0 aliphatic rings. The molecule has 0 amide bonds. The normalized spacial score (nSPS) is 11.1. The predicted octanol–water partition coefficient (Wildman–Crippen LogP) is 2.84. The van der Waals surface area contributed by atoms with Gasteiger partial charge in [0.1, 0.15) is 0 Å². The highest BCUT2D eigenvalue weighted by Gasteiger charge is 2.03. The summed E-state index contributed by atoms with van der Waals surface area (Å²) in [6.07, 6.45) is 2.11. The Hall–Kier alpha value is -0.510. The molecular formula is C14H24N2S. The first kappa shape index (κ1) is 14.6. The van der Waals surface area contributed by atoms with E-state index in [9.17, 15) is 0 Å². The van der Waals surface area contributed by atoms with Gasteiger partial charge in [0.2, 0.25) is 0 Å². The third kappa shape index (κ3) is 5.57. The molecule has 1 aromatic carbocycles. The molecule has 0 aromatic heterocycles. The van der Waals surface area contributed by atoms with Gasteiger partial charge in [-0.3, -0.25) is 4.90 Å². The van der Waals surface area contributed by atoms with E-state index in [-0.39, 0.29) is 0 Å². The molecule has 0 radical (unpaired) electrons. The Balaban J connectivity index is 2.43. The van der Waals surface area contributed by atoms with E-state index in [0.29, 0.717) is 0 Å². The highest BCUT2D eigenvalue weighted by molar-refractivity contribution is 7.98. The van der Waals surface area contributed by atoms with Crippen molar-refractivity contribution in [1.82, 2.24) is 10.2 Å². The van der Waals surface area contributed by atoms with Crippen molar-refractivity contribution >= 4 is 11.8 Å². The van der Waals surface area contributed by atoms with Gasteiger partial charge in [-0.1, -0.05) is 26.0 Å². The van der Waals surface area contributed by atoms with E-state index in [2.05, 4.69) is 54.6 Å². The molecule has 0 spiro atoms. The summed E-state index contributed by atoms with van der Waals surface area (Å²) in [7, 11) is 0. The van der Waals surface area contributed by atoms with Crippen LogP contribution in [-0.4, -0.2) is 37.3 Å². The van der Waals surface area contributed by atoms with Gasteiger partial charge < -0.3 is 5.32 Å². The molecule has 96 valence electrons. The lowest BCUT2D eigenvalue weighted by Gasteiger charge is -2.20. The van der Waals surface area contributed by atoms with Crippen molar-refractivity contribution in [1.29, 1.82) is 0 Å². The van der Waals surface area contributed by atoms with Crippen molar-refractivity contribution in [2.45, 2.75) is 25.3 Å². The molecule has 3 heteroatoms. The number of nitrogens with zero attached hydrogens (tertiary/aromatic N) is 1. The maximum Gasteiger partial charge on any atom is 0.0234 e. The zero-order valence-corrected chi connectivity index (χ0v) is 12.0. The first-order chi connectivity index (χ1) is 8.30. The molecule has 0 saturated carbocycles. The van der Waals surface area contributed by atoms with Crippen LogP contribution in [0.15, 0.2) is 29.2 Å². The highest BCUT2D eigenvalue weighted by atomic mass is 32.2. The van der Waals surface area contributed by atoms with Crippen LogP contribution < -0.4 is 5.32 Å². The van der Waals surface area contributed by atoms with Gasteiger partial charge in [-0.05, 0) is 37.0 Å². The fourth-order valence-electron chi connectivity index (χ4n) is 1.75. The van der Waals surface area contributed by atoms with Crippen LogP contribution in [0.3, 0.4) is 0 Å². The van der Waals surface area contributed by atoms with Crippen LogP contribution in [-0.2, 0) is 6.54 Å². The monoisotopic (exact) mass is 252 g/mol. The van der Waals surface area contributed by atoms with Gasteiger partial charge in [-0.25, -0.2) is 0 Å². The quantitative estimate of drug-likeness (QED) is 0.566. The fraction of sp³-hybridized carbons (Fsp3) is 0.571. The van der Waals surface area contributed by atoms with E-state index in [1.165, 1.54) is 10.5 Å². The summed E-state index contributed by atoms with van der Waals surface area (Å²) in [5.74, 6) is 0. The number of hydrogen-bond donors (Lipinski definition) is 1. The second kappa shape index (κ2) is 8.56. The van der Waals surface area contributed by atoms with Gasteiger partial charge in [0.15, 0.2) is 0 Å². The molecule has 17 heavy (non-hydrogen) atoms. The average molecular weight is 252 g/mol. The van der Waals surface area contributed by atoms with E-state index in [1.54, 1.807) is 11.8 Å². The second-order valence-electron chi connectivity index (χ2n) is 4.07. The Morgan fingerprint density at radius 1 is 1.18 bits per heavy atom. The van der Waals surface area contributed by atoms with Crippen LogP contribution in [0, 0.1) is 0 Å². The largest absolute Gasteiger partial charge is 0.316 e. The first-order valence-corrected chi connectivity index (χ1v) is 7.58. The van der Waals surface area contributed by atoms with Gasteiger partial charge in [0.05, 0.1) is 0 Å². The molecule has 1 rings (SSSR count). The van der Waals surface area contributed by atoms with E-state index in [1.807, 2.05) is 0 Å². The van der Waals surface area contributed by atoms with Crippen molar-refractivity contribution in [3.63, 3.8) is 0 Å². The molecule has 0 fully saturated rings. The van der Waals surface area contributed by atoms with Crippen LogP contribution >= 0.6 is 11.8 Å². The highest BCUT2D eigenvalue weighted by Crippen LogP contribution is 2.15. The number of hydrogen-bond acceptors (Lipinski definition) is 3. The maximum atomic E-state index is 3.37. The number of nitrogens with one attached hydrogen (secondary N) is 1. The number of benzene rings is 1. The molecule has 1 aromatic rings. The molecule has 0 saturated heterocycles. The summed E-state index contributed by atoms with van der Waals surface area (Å²) >= 11 is 1.80. The summed E-state index contributed by atoms with van der Waals surface area (Å²) in [4.78, 5) is 3.81. The molecule has 0 bridgehead atoms. The van der Waals surface area contributed by atoms with Crippen LogP contribution in [0.5, 0.6) is 0 Å². The molecular weight excluding hydrogens is 228 g/mol. The minimum Gasteiger partial charge on any atom is -0.316 e. The zero-order chi connectivity index (χ0) is 12.5. The van der Waals surface area contributed by atoms with Gasteiger partial charge in [0, 0.05) is 24.5 Å². The predicted molar refractivity (Wildman–Crippen MR) is 77.7 cm³/mol. The van der Waals surface area contributed by atoms with Crippen molar-refractivity contribution in [3.8, 4) is 0 Å². The van der Waals surface area contributed by atoms with Crippen LogP contribution in [0.4, 0.5) is 0 Å². The molecule has 0 aliphatic heterocycles. The fourth-order valence-corrected chi connectivity index (χ4v) is 2.16. The summed E-state index contributed by atoms with van der Waals surface area (Å²) in [6, 6.07) is 8.89. The van der Waals surface area contributed by atoms with Crippen LogP contribution in [0.2, 0.25) is 0 Å². The van der Waals surface area contributed by atoms with Crippen LogP contribution in [0.1, 0.15) is 19.4 Å². The molecule has 1 N–H and O–H groups in total. The lowest BCUT2D eigenvalue weighted by Crippen LogP contribution is -2.31. The maximum absolute atomic E-state index is 3.37. The Labute approximate surface area is 110 Å². The minimum atomic E-state index is 1.05. The van der Waals surface area contributed by atoms with E-state index < -0.39 is 0 Å². The second-order valence-corrected chi connectivity index (χ2v) is 4.95. The number of thioether (sulfide) groups is 1.